The topological polar surface area (TPSA) is 46.2 Å². The second-order valence-corrected chi connectivity index (χ2v) is 3.86. The molecule has 0 fully saturated rings. The van der Waals surface area contributed by atoms with E-state index in [1.54, 1.807) is 11.3 Å². The van der Waals surface area contributed by atoms with Crippen molar-refractivity contribution in [1.82, 2.24) is 4.72 Å². The lowest BCUT2D eigenvalue weighted by Crippen LogP contribution is -2.13. The van der Waals surface area contributed by atoms with Gasteiger partial charge in [0.05, 0.1) is 0 Å². The maximum atomic E-state index is 10.1. The molecule has 0 amide bonds. The summed E-state index contributed by atoms with van der Waals surface area (Å²) in [5.41, 5.74) is 0. The third-order valence-corrected chi connectivity index (χ3v) is 2.61. The van der Waals surface area contributed by atoms with E-state index < -0.39 is 10.9 Å². The van der Waals surface area contributed by atoms with Crippen LogP contribution in [0.4, 0.5) is 0 Å². The summed E-state index contributed by atoms with van der Waals surface area (Å²) in [6.45, 7) is 0.499. The smallest absolute Gasteiger partial charge is 0.201 e. The largest absolute Gasteiger partial charge is 0.217 e. The first-order valence-corrected chi connectivity index (χ1v) is 5.25. The van der Waals surface area contributed by atoms with Gasteiger partial charge >= 0.3 is 0 Å². The zero-order valence-corrected chi connectivity index (χ0v) is 7.53. The molecule has 62 valence electrons. The van der Waals surface area contributed by atoms with Crippen molar-refractivity contribution in [2.45, 2.75) is 6.42 Å². The van der Waals surface area contributed by atoms with Crippen LogP contribution in [0.1, 0.15) is 4.88 Å². The molecule has 0 spiro atoms. The number of thiophene rings is 1. The van der Waals surface area contributed by atoms with E-state index in [1.165, 1.54) is 4.88 Å². The summed E-state index contributed by atoms with van der Waals surface area (Å²) in [5, 5.41) is 1.98. The molecule has 0 radical (unpaired) electrons. The maximum absolute atomic E-state index is 10.1. The molecule has 0 bridgehead atoms. The lowest BCUT2D eigenvalue weighted by atomic mass is 10.3. The van der Waals surface area contributed by atoms with Gasteiger partial charge in [0.2, 0.25) is 10.9 Å². The molecular formula is C6H9NO2S2. The highest BCUT2D eigenvalue weighted by molar-refractivity contribution is 7.70. The maximum Gasteiger partial charge on any atom is 0.201 e. The van der Waals surface area contributed by atoms with Crippen LogP contribution < -0.4 is 4.72 Å². The Hall–Kier alpha value is -0.390. The third kappa shape index (κ3) is 3.50. The quantitative estimate of drug-likeness (QED) is 0.677. The van der Waals surface area contributed by atoms with Crippen LogP contribution in [0.25, 0.3) is 0 Å². The van der Waals surface area contributed by atoms with Crippen LogP contribution in [0.5, 0.6) is 0 Å². The zero-order chi connectivity index (χ0) is 8.10. The van der Waals surface area contributed by atoms with Crippen molar-refractivity contribution < 1.29 is 8.42 Å². The minimum atomic E-state index is -2.43. The van der Waals surface area contributed by atoms with E-state index in [4.69, 9.17) is 0 Å². The van der Waals surface area contributed by atoms with Crippen LogP contribution >= 0.6 is 11.3 Å². The molecule has 0 unspecified atom stereocenters. The van der Waals surface area contributed by atoms with Crippen molar-refractivity contribution in [2.75, 3.05) is 6.54 Å². The number of hydrogen-bond donors (Lipinski definition) is 2. The van der Waals surface area contributed by atoms with Gasteiger partial charge < -0.3 is 0 Å². The van der Waals surface area contributed by atoms with Crippen LogP contribution in [0.15, 0.2) is 17.5 Å². The van der Waals surface area contributed by atoms with Gasteiger partial charge in [0.1, 0.15) is 0 Å². The molecule has 11 heavy (non-hydrogen) atoms. The number of thiol groups is 1. The second-order valence-electron chi connectivity index (χ2n) is 1.99. The van der Waals surface area contributed by atoms with Crippen LogP contribution in [-0.2, 0) is 17.3 Å². The molecule has 1 heterocycles. The standard InChI is InChI=1S/C6H9NO2S2/c8-11(9)7-4-3-6-2-1-5-10-6/h1-2,5,11H,3-4H2,(H,7,8,9). The Morgan fingerprint density at radius 3 is 2.91 bits per heavy atom. The zero-order valence-electron chi connectivity index (χ0n) is 5.82. The van der Waals surface area contributed by atoms with Crippen molar-refractivity contribution in [1.29, 1.82) is 0 Å². The highest BCUT2D eigenvalue weighted by atomic mass is 32.2. The van der Waals surface area contributed by atoms with Crippen LogP contribution in [0.2, 0.25) is 0 Å². The van der Waals surface area contributed by atoms with Crippen LogP contribution in [0, 0.1) is 0 Å². The lowest BCUT2D eigenvalue weighted by molar-refractivity contribution is 0.602. The van der Waals surface area contributed by atoms with Gasteiger partial charge in [-0.25, -0.2) is 13.1 Å². The molecule has 3 nitrogen and oxygen atoms in total. The van der Waals surface area contributed by atoms with E-state index >= 15 is 0 Å². The van der Waals surface area contributed by atoms with Gasteiger partial charge in [0, 0.05) is 11.4 Å². The third-order valence-electron chi connectivity index (χ3n) is 1.19. The van der Waals surface area contributed by atoms with Crippen molar-refractivity contribution in [3.05, 3.63) is 22.4 Å². The fraction of sp³-hybridized carbons (Fsp3) is 0.333. The minimum absolute atomic E-state index is 0.499. The van der Waals surface area contributed by atoms with Crippen molar-refractivity contribution in [3.63, 3.8) is 0 Å². The van der Waals surface area contributed by atoms with E-state index in [0.29, 0.717) is 6.54 Å². The Kier molecular flexibility index (Phi) is 3.55. The molecule has 0 aliphatic rings. The highest BCUT2D eigenvalue weighted by Crippen LogP contribution is 2.07. The van der Waals surface area contributed by atoms with Gasteiger partial charge in [0.15, 0.2) is 0 Å². The minimum Gasteiger partial charge on any atom is -0.217 e. The molecule has 1 aromatic heterocycles. The molecule has 5 heteroatoms. The molecule has 0 aliphatic carbocycles. The fourth-order valence-corrected chi connectivity index (χ4v) is 1.73. The van der Waals surface area contributed by atoms with E-state index in [2.05, 4.69) is 4.72 Å². The van der Waals surface area contributed by atoms with Crippen molar-refractivity contribution in [3.8, 4) is 0 Å². The second kappa shape index (κ2) is 4.48. The average molecular weight is 191 g/mol. The summed E-state index contributed by atoms with van der Waals surface area (Å²) in [4.78, 5) is 1.20. The predicted octanol–water partition coefficient (Wildman–Crippen LogP) is 0.407. The Morgan fingerprint density at radius 1 is 1.55 bits per heavy atom. The van der Waals surface area contributed by atoms with Gasteiger partial charge in [0.25, 0.3) is 0 Å². The molecule has 0 atom stereocenters. The molecule has 0 aromatic carbocycles. The first-order chi connectivity index (χ1) is 5.29. The molecule has 1 rings (SSSR count). The Bertz CT molecular complexity index is 258. The van der Waals surface area contributed by atoms with Gasteiger partial charge in [-0.2, -0.15) is 0 Å². The summed E-state index contributed by atoms with van der Waals surface area (Å²) < 4.78 is 22.5. The summed E-state index contributed by atoms with van der Waals surface area (Å²) in [5.74, 6) is 0. The summed E-state index contributed by atoms with van der Waals surface area (Å²) in [6, 6.07) is 3.95. The fourth-order valence-electron chi connectivity index (χ4n) is 0.725. The first-order valence-electron chi connectivity index (χ1n) is 3.19. The SMILES string of the molecule is O=[SH](=O)NCCc1cccs1. The average Bonchev–Trinajstić information content (AvgIpc) is 2.39. The van der Waals surface area contributed by atoms with Crippen LogP contribution in [0.3, 0.4) is 0 Å². The summed E-state index contributed by atoms with van der Waals surface area (Å²) in [7, 11) is -2.43. The number of hydrogen-bond acceptors (Lipinski definition) is 3. The Balaban J connectivity index is 2.24. The van der Waals surface area contributed by atoms with Gasteiger partial charge in [-0.1, -0.05) is 6.07 Å². The molecule has 1 aromatic rings. The normalized spacial score (nSPS) is 10.6. The van der Waals surface area contributed by atoms with Crippen LogP contribution in [-0.4, -0.2) is 15.0 Å². The summed E-state index contributed by atoms with van der Waals surface area (Å²) in [6.07, 6.45) is 0.779. The van der Waals surface area contributed by atoms with Crippen molar-refractivity contribution >= 4 is 22.2 Å². The molecule has 1 N–H and O–H groups in total. The monoisotopic (exact) mass is 191 g/mol. The molecule has 0 saturated heterocycles. The number of rotatable bonds is 4. The van der Waals surface area contributed by atoms with E-state index in [1.807, 2.05) is 17.5 Å². The Labute approximate surface area is 71.1 Å². The lowest BCUT2D eigenvalue weighted by Gasteiger charge is -1.92. The van der Waals surface area contributed by atoms with E-state index in [-0.39, 0.29) is 0 Å². The molecular weight excluding hydrogens is 182 g/mol. The highest BCUT2D eigenvalue weighted by Gasteiger charge is 1.92. The Morgan fingerprint density at radius 2 is 2.36 bits per heavy atom. The number of nitrogens with one attached hydrogen (secondary N) is 1. The van der Waals surface area contributed by atoms with E-state index in [9.17, 15) is 8.42 Å². The van der Waals surface area contributed by atoms with E-state index in [0.717, 1.165) is 6.42 Å². The van der Waals surface area contributed by atoms with Gasteiger partial charge in [-0.15, -0.1) is 11.3 Å². The molecule has 0 saturated carbocycles. The van der Waals surface area contributed by atoms with Gasteiger partial charge in [-0.3, -0.25) is 0 Å². The van der Waals surface area contributed by atoms with Crippen molar-refractivity contribution in [2.24, 2.45) is 0 Å². The predicted molar refractivity (Wildman–Crippen MR) is 46.3 cm³/mol. The van der Waals surface area contributed by atoms with Gasteiger partial charge in [-0.05, 0) is 17.9 Å². The molecule has 0 aliphatic heterocycles. The first kappa shape index (κ1) is 8.70. The summed E-state index contributed by atoms with van der Waals surface area (Å²) >= 11 is 1.64.